The van der Waals surface area contributed by atoms with Gasteiger partial charge in [0.15, 0.2) is 0 Å². The number of rotatable bonds is 6. The van der Waals surface area contributed by atoms with Crippen LogP contribution in [-0.4, -0.2) is 29.7 Å². The fraction of sp³-hybridized carbons (Fsp3) is 0.200. The lowest BCUT2D eigenvalue weighted by Crippen LogP contribution is -2.26. The Kier molecular flexibility index (Phi) is 4.61. The zero-order valence-electron chi connectivity index (χ0n) is 12.2. The Morgan fingerprint density at radius 1 is 1.22 bits per heavy atom. The number of benzene rings is 1. The predicted octanol–water partition coefficient (Wildman–Crippen LogP) is 2.45. The number of nitrogens with one attached hydrogen (secondary N) is 1. The predicted molar refractivity (Wildman–Crippen MR) is 88.8 cm³/mol. The van der Waals surface area contributed by atoms with Gasteiger partial charge in [0.05, 0.1) is 16.7 Å². The van der Waals surface area contributed by atoms with E-state index in [0.29, 0.717) is 30.0 Å². The van der Waals surface area contributed by atoms with Gasteiger partial charge in [-0.3, -0.25) is 9.67 Å². The molecule has 0 aliphatic heterocycles. The molecule has 6 nitrogen and oxygen atoms in total. The summed E-state index contributed by atoms with van der Waals surface area (Å²) < 4.78 is 29.2. The van der Waals surface area contributed by atoms with E-state index in [1.807, 2.05) is 12.1 Å². The third-order valence-electron chi connectivity index (χ3n) is 3.34. The maximum atomic E-state index is 12.5. The first kappa shape index (κ1) is 15.9. The molecule has 2 heterocycles. The fourth-order valence-electron chi connectivity index (χ4n) is 2.28. The molecule has 0 aliphatic carbocycles. The number of hydrogen-bond donors (Lipinski definition) is 1. The van der Waals surface area contributed by atoms with E-state index in [4.69, 9.17) is 11.6 Å². The van der Waals surface area contributed by atoms with Crippen molar-refractivity contribution in [2.45, 2.75) is 17.9 Å². The number of halogens is 1. The van der Waals surface area contributed by atoms with Gasteiger partial charge in [-0.05, 0) is 18.6 Å². The molecule has 0 fully saturated rings. The van der Waals surface area contributed by atoms with E-state index in [1.54, 1.807) is 41.5 Å². The van der Waals surface area contributed by atoms with Crippen LogP contribution in [0, 0.1) is 0 Å². The Labute approximate surface area is 139 Å². The second-order valence-electron chi connectivity index (χ2n) is 5.00. The number of para-hydroxylation sites is 1. The van der Waals surface area contributed by atoms with Gasteiger partial charge in [0.25, 0.3) is 0 Å². The Morgan fingerprint density at radius 3 is 2.83 bits per heavy atom. The maximum Gasteiger partial charge on any atom is 0.242 e. The minimum atomic E-state index is -3.60. The van der Waals surface area contributed by atoms with Crippen molar-refractivity contribution >= 4 is 32.5 Å². The van der Waals surface area contributed by atoms with Gasteiger partial charge in [-0.2, -0.15) is 5.10 Å². The van der Waals surface area contributed by atoms with Crippen LogP contribution in [0.5, 0.6) is 0 Å². The van der Waals surface area contributed by atoms with Crippen molar-refractivity contribution in [1.82, 2.24) is 19.5 Å². The normalized spacial score (nSPS) is 11.9. The van der Waals surface area contributed by atoms with Gasteiger partial charge in [-0.1, -0.05) is 29.8 Å². The number of hydrogen-bond acceptors (Lipinski definition) is 4. The molecule has 23 heavy (non-hydrogen) atoms. The topological polar surface area (TPSA) is 76.9 Å². The van der Waals surface area contributed by atoms with Gasteiger partial charge >= 0.3 is 0 Å². The third kappa shape index (κ3) is 3.69. The molecular weight excluding hydrogens is 336 g/mol. The van der Waals surface area contributed by atoms with Crippen molar-refractivity contribution in [2.75, 3.05) is 6.54 Å². The molecule has 0 saturated carbocycles. The van der Waals surface area contributed by atoms with Crippen molar-refractivity contribution in [3.8, 4) is 0 Å². The zero-order chi connectivity index (χ0) is 16.3. The van der Waals surface area contributed by atoms with Crippen molar-refractivity contribution in [1.29, 1.82) is 0 Å². The van der Waals surface area contributed by atoms with Crippen molar-refractivity contribution in [3.63, 3.8) is 0 Å². The van der Waals surface area contributed by atoms with Crippen LogP contribution in [0.15, 0.2) is 53.8 Å². The second-order valence-corrected chi connectivity index (χ2v) is 7.18. The molecule has 0 spiro atoms. The minimum Gasteiger partial charge on any atom is -0.271 e. The van der Waals surface area contributed by atoms with Crippen LogP contribution in [0.3, 0.4) is 0 Å². The molecule has 0 amide bonds. The Balaban J connectivity index is 1.68. The quantitative estimate of drug-likeness (QED) is 0.693. The van der Waals surface area contributed by atoms with E-state index in [1.165, 1.54) is 0 Å². The van der Waals surface area contributed by atoms with E-state index < -0.39 is 10.0 Å². The smallest absolute Gasteiger partial charge is 0.242 e. The van der Waals surface area contributed by atoms with Gasteiger partial charge in [0.1, 0.15) is 4.90 Å². The molecule has 1 aromatic carbocycles. The summed E-state index contributed by atoms with van der Waals surface area (Å²) in [4.78, 5) is 4.37. The molecule has 0 unspecified atom stereocenters. The van der Waals surface area contributed by atoms with Crippen molar-refractivity contribution in [3.05, 3.63) is 53.9 Å². The summed E-state index contributed by atoms with van der Waals surface area (Å²) in [6.07, 6.45) is 5.44. The van der Waals surface area contributed by atoms with Crippen molar-refractivity contribution in [2.24, 2.45) is 0 Å². The lowest BCUT2D eigenvalue weighted by molar-refractivity contribution is 0.553. The van der Waals surface area contributed by atoms with E-state index in [2.05, 4.69) is 14.8 Å². The molecular formula is C15H15ClN4O2S. The lowest BCUT2D eigenvalue weighted by Gasteiger charge is -2.09. The van der Waals surface area contributed by atoms with E-state index in [0.717, 1.165) is 5.39 Å². The molecule has 8 heteroatoms. The molecule has 120 valence electrons. The average Bonchev–Trinajstić information content (AvgIpc) is 2.96. The molecule has 0 aliphatic rings. The standard InChI is InChI=1S/C15H15ClN4O2S/c16-13-10-18-20(11-13)9-3-8-19-23(21,22)14-6-1-4-12-5-2-7-17-15(12)14/h1-2,4-7,10-11,19H,3,8-9H2. The summed E-state index contributed by atoms with van der Waals surface area (Å²) in [6, 6.07) is 8.72. The summed E-state index contributed by atoms with van der Waals surface area (Å²) in [5, 5.41) is 5.40. The lowest BCUT2D eigenvalue weighted by atomic mass is 10.2. The largest absolute Gasteiger partial charge is 0.271 e. The van der Waals surface area contributed by atoms with E-state index in [-0.39, 0.29) is 4.90 Å². The Hall–Kier alpha value is -1.96. The molecule has 0 radical (unpaired) electrons. The second kappa shape index (κ2) is 6.66. The van der Waals surface area contributed by atoms with Crippen LogP contribution in [-0.2, 0) is 16.6 Å². The van der Waals surface area contributed by atoms with Gasteiger partial charge in [0.2, 0.25) is 10.0 Å². The molecule has 1 N–H and O–H groups in total. The van der Waals surface area contributed by atoms with Crippen LogP contribution in [0.25, 0.3) is 10.9 Å². The molecule has 0 bridgehead atoms. The van der Waals surface area contributed by atoms with Crippen LogP contribution >= 0.6 is 11.6 Å². The Morgan fingerprint density at radius 2 is 2.04 bits per heavy atom. The van der Waals surface area contributed by atoms with Gasteiger partial charge < -0.3 is 0 Å². The first-order chi connectivity index (χ1) is 11.1. The molecule has 2 aromatic heterocycles. The number of fused-ring (bicyclic) bond motifs is 1. The van der Waals surface area contributed by atoms with Crippen LogP contribution in [0.4, 0.5) is 0 Å². The summed E-state index contributed by atoms with van der Waals surface area (Å²) in [6.45, 7) is 0.895. The fourth-order valence-corrected chi connectivity index (χ4v) is 3.69. The summed E-state index contributed by atoms with van der Waals surface area (Å²) in [5.41, 5.74) is 0.473. The van der Waals surface area contributed by atoms with Gasteiger partial charge in [-0.25, -0.2) is 13.1 Å². The number of pyridine rings is 1. The minimum absolute atomic E-state index is 0.192. The summed E-state index contributed by atoms with van der Waals surface area (Å²) in [5.74, 6) is 0. The number of aromatic nitrogens is 3. The maximum absolute atomic E-state index is 12.5. The monoisotopic (exact) mass is 350 g/mol. The van der Waals surface area contributed by atoms with Gasteiger partial charge in [0, 0.05) is 30.9 Å². The first-order valence-electron chi connectivity index (χ1n) is 7.08. The third-order valence-corrected chi connectivity index (χ3v) is 5.03. The highest BCUT2D eigenvalue weighted by Gasteiger charge is 2.17. The SMILES string of the molecule is O=S(=O)(NCCCn1cc(Cl)cn1)c1cccc2cccnc12. The van der Waals surface area contributed by atoms with Crippen LogP contribution < -0.4 is 4.72 Å². The highest BCUT2D eigenvalue weighted by atomic mass is 35.5. The number of nitrogens with zero attached hydrogens (tertiary/aromatic N) is 3. The average molecular weight is 351 g/mol. The molecule has 0 atom stereocenters. The van der Waals surface area contributed by atoms with E-state index >= 15 is 0 Å². The Bertz CT molecular complexity index is 919. The van der Waals surface area contributed by atoms with E-state index in [9.17, 15) is 8.42 Å². The van der Waals surface area contributed by atoms with Crippen LogP contribution in [0.2, 0.25) is 5.02 Å². The van der Waals surface area contributed by atoms with Crippen molar-refractivity contribution < 1.29 is 8.42 Å². The number of aryl methyl sites for hydroxylation is 1. The highest BCUT2D eigenvalue weighted by Crippen LogP contribution is 2.20. The van der Waals surface area contributed by atoms with Gasteiger partial charge in [-0.15, -0.1) is 0 Å². The molecule has 3 rings (SSSR count). The van der Waals surface area contributed by atoms with Crippen LogP contribution in [0.1, 0.15) is 6.42 Å². The first-order valence-corrected chi connectivity index (χ1v) is 8.94. The molecule has 0 saturated heterocycles. The molecule has 3 aromatic rings. The number of sulfonamides is 1. The zero-order valence-corrected chi connectivity index (χ0v) is 13.8. The highest BCUT2D eigenvalue weighted by molar-refractivity contribution is 7.89. The summed E-state index contributed by atoms with van der Waals surface area (Å²) in [7, 11) is -3.60. The summed E-state index contributed by atoms with van der Waals surface area (Å²) >= 11 is 5.78.